The van der Waals surface area contributed by atoms with E-state index in [0.717, 1.165) is 16.8 Å². The first-order valence-corrected chi connectivity index (χ1v) is 12.7. The number of imidazole rings is 1. The molecule has 0 radical (unpaired) electrons. The third-order valence-corrected chi connectivity index (χ3v) is 6.82. The first kappa shape index (κ1) is 23.7. The van der Waals surface area contributed by atoms with E-state index >= 15 is 0 Å². The van der Waals surface area contributed by atoms with E-state index in [0.29, 0.717) is 17.4 Å². The first-order chi connectivity index (χ1) is 16.3. The van der Waals surface area contributed by atoms with Gasteiger partial charge in [0.25, 0.3) is 0 Å². The maximum Gasteiger partial charge on any atom is 0.238 e. The maximum absolute atomic E-state index is 13.4. The van der Waals surface area contributed by atoms with Gasteiger partial charge in [-0.2, -0.15) is 0 Å². The summed E-state index contributed by atoms with van der Waals surface area (Å²) < 4.78 is 38.5. The number of halogens is 1. The van der Waals surface area contributed by atoms with Gasteiger partial charge in [-0.05, 0) is 53.6 Å². The minimum Gasteiger partial charge on any atom is -0.325 e. The van der Waals surface area contributed by atoms with E-state index in [1.807, 2.05) is 34.9 Å². The lowest BCUT2D eigenvalue weighted by molar-refractivity contribution is -0.113. The number of hydrogen-bond donors (Lipinski definition) is 2. The number of anilines is 1. The number of sulfonamides is 1. The molecule has 1 amide bonds. The van der Waals surface area contributed by atoms with Crippen molar-refractivity contribution in [3.8, 4) is 11.3 Å². The molecule has 0 spiro atoms. The number of carbonyl (C=O) groups is 1. The molecule has 1 heterocycles. The average Bonchev–Trinajstić information content (AvgIpc) is 3.21. The standard InChI is InChI=1S/C24H21FN4O3S2/c25-19-11-9-18(10-12-19)22-14-27-24(29(22)15-17-5-2-1-3-6-17)33-16-23(30)28-20-7-4-8-21(13-20)34(26,31)32/h1-14H,15-16H2,(H,28,30)(H2,26,31,32). The molecule has 34 heavy (non-hydrogen) atoms. The van der Waals surface area contributed by atoms with Crippen LogP contribution in [0.15, 0.2) is 95.1 Å². The van der Waals surface area contributed by atoms with Gasteiger partial charge in [0.15, 0.2) is 5.16 Å². The van der Waals surface area contributed by atoms with Crippen LogP contribution >= 0.6 is 11.8 Å². The van der Waals surface area contributed by atoms with E-state index in [-0.39, 0.29) is 22.4 Å². The van der Waals surface area contributed by atoms with Gasteiger partial charge in [0.2, 0.25) is 15.9 Å². The number of aromatic nitrogens is 2. The highest BCUT2D eigenvalue weighted by atomic mass is 32.2. The van der Waals surface area contributed by atoms with Gasteiger partial charge in [-0.25, -0.2) is 22.9 Å². The predicted octanol–water partition coefficient (Wildman–Crippen LogP) is 4.12. The Labute approximate surface area is 200 Å². The van der Waals surface area contributed by atoms with Crippen molar-refractivity contribution in [3.63, 3.8) is 0 Å². The molecule has 0 fully saturated rings. The van der Waals surface area contributed by atoms with Crippen LogP contribution in [0.3, 0.4) is 0 Å². The molecule has 0 bridgehead atoms. The molecule has 0 aliphatic heterocycles. The summed E-state index contributed by atoms with van der Waals surface area (Å²) in [5, 5.41) is 8.46. The number of nitrogens with one attached hydrogen (secondary N) is 1. The zero-order valence-electron chi connectivity index (χ0n) is 17.9. The lowest BCUT2D eigenvalue weighted by Gasteiger charge is -2.12. The summed E-state index contributed by atoms with van der Waals surface area (Å²) in [6.07, 6.45) is 1.70. The van der Waals surface area contributed by atoms with Crippen molar-refractivity contribution < 1.29 is 17.6 Å². The van der Waals surface area contributed by atoms with Crippen LogP contribution in [0.1, 0.15) is 5.56 Å². The van der Waals surface area contributed by atoms with Crippen LogP contribution in [0.25, 0.3) is 11.3 Å². The Bertz CT molecular complexity index is 1410. The molecule has 0 aliphatic carbocycles. The summed E-state index contributed by atoms with van der Waals surface area (Å²) >= 11 is 1.24. The highest BCUT2D eigenvalue weighted by Gasteiger charge is 2.15. The smallest absolute Gasteiger partial charge is 0.238 e. The molecule has 0 aliphatic rings. The van der Waals surface area contributed by atoms with Crippen LogP contribution in [0.2, 0.25) is 0 Å². The number of nitrogens with two attached hydrogens (primary N) is 1. The Morgan fingerprint density at radius 2 is 1.76 bits per heavy atom. The van der Waals surface area contributed by atoms with Gasteiger partial charge in [0.1, 0.15) is 5.82 Å². The quantitative estimate of drug-likeness (QED) is 0.357. The van der Waals surface area contributed by atoms with Gasteiger partial charge in [-0.15, -0.1) is 0 Å². The Morgan fingerprint density at radius 1 is 1.03 bits per heavy atom. The van der Waals surface area contributed by atoms with E-state index in [2.05, 4.69) is 10.3 Å². The molecular formula is C24H21FN4O3S2. The second-order valence-electron chi connectivity index (χ2n) is 7.41. The lowest BCUT2D eigenvalue weighted by Crippen LogP contribution is -2.16. The van der Waals surface area contributed by atoms with Crippen molar-refractivity contribution in [1.29, 1.82) is 0 Å². The number of thioether (sulfide) groups is 1. The zero-order valence-corrected chi connectivity index (χ0v) is 19.5. The minimum atomic E-state index is -3.87. The molecule has 3 aromatic carbocycles. The van der Waals surface area contributed by atoms with Crippen LogP contribution in [-0.4, -0.2) is 29.6 Å². The summed E-state index contributed by atoms with van der Waals surface area (Å²) in [5.41, 5.74) is 2.99. The van der Waals surface area contributed by atoms with Crippen molar-refractivity contribution in [2.75, 3.05) is 11.1 Å². The third-order valence-electron chi connectivity index (χ3n) is 4.92. The van der Waals surface area contributed by atoms with E-state index in [9.17, 15) is 17.6 Å². The average molecular weight is 497 g/mol. The summed E-state index contributed by atoms with van der Waals surface area (Å²) in [4.78, 5) is 16.9. The van der Waals surface area contributed by atoms with Crippen molar-refractivity contribution in [3.05, 3.63) is 96.4 Å². The minimum absolute atomic E-state index is 0.0499. The number of rotatable bonds is 8. The lowest BCUT2D eigenvalue weighted by atomic mass is 10.1. The van der Waals surface area contributed by atoms with Crippen molar-refractivity contribution >= 4 is 33.4 Å². The highest BCUT2D eigenvalue weighted by Crippen LogP contribution is 2.28. The maximum atomic E-state index is 13.4. The predicted molar refractivity (Wildman–Crippen MR) is 130 cm³/mol. The Balaban J connectivity index is 1.53. The van der Waals surface area contributed by atoms with E-state index in [4.69, 9.17) is 5.14 Å². The van der Waals surface area contributed by atoms with E-state index < -0.39 is 10.0 Å². The zero-order chi connectivity index (χ0) is 24.1. The van der Waals surface area contributed by atoms with Gasteiger partial charge in [0.05, 0.1) is 29.1 Å². The molecule has 10 heteroatoms. The van der Waals surface area contributed by atoms with E-state index in [1.165, 1.54) is 42.1 Å². The van der Waals surface area contributed by atoms with Crippen molar-refractivity contribution in [2.24, 2.45) is 5.14 Å². The molecule has 1 aromatic heterocycles. The van der Waals surface area contributed by atoms with Crippen LogP contribution in [0.4, 0.5) is 10.1 Å². The van der Waals surface area contributed by atoms with Crippen LogP contribution in [0, 0.1) is 5.82 Å². The molecule has 7 nitrogen and oxygen atoms in total. The topological polar surface area (TPSA) is 107 Å². The molecule has 4 aromatic rings. The number of hydrogen-bond acceptors (Lipinski definition) is 5. The monoisotopic (exact) mass is 496 g/mol. The fraction of sp³-hybridized carbons (Fsp3) is 0.0833. The normalized spacial score (nSPS) is 11.4. The Hall–Kier alpha value is -3.47. The number of carbonyl (C=O) groups excluding carboxylic acids is 1. The van der Waals surface area contributed by atoms with Crippen LogP contribution in [-0.2, 0) is 21.4 Å². The van der Waals surface area contributed by atoms with Crippen LogP contribution < -0.4 is 10.5 Å². The second kappa shape index (κ2) is 10.2. The molecule has 0 saturated heterocycles. The number of benzene rings is 3. The first-order valence-electron chi connectivity index (χ1n) is 10.2. The fourth-order valence-electron chi connectivity index (χ4n) is 3.32. The van der Waals surface area contributed by atoms with Gasteiger partial charge in [-0.3, -0.25) is 4.79 Å². The molecular weight excluding hydrogens is 475 g/mol. The summed E-state index contributed by atoms with van der Waals surface area (Å²) in [7, 11) is -3.87. The van der Waals surface area contributed by atoms with Crippen molar-refractivity contribution in [1.82, 2.24) is 9.55 Å². The SMILES string of the molecule is NS(=O)(=O)c1cccc(NC(=O)CSc2ncc(-c3ccc(F)cc3)n2Cc2ccccc2)c1. The van der Waals surface area contributed by atoms with Gasteiger partial charge >= 0.3 is 0 Å². The van der Waals surface area contributed by atoms with Crippen LogP contribution in [0.5, 0.6) is 0 Å². The van der Waals surface area contributed by atoms with Gasteiger partial charge in [0, 0.05) is 5.69 Å². The summed E-state index contributed by atoms with van der Waals surface area (Å²) in [5.74, 6) is -0.598. The third kappa shape index (κ3) is 5.90. The van der Waals surface area contributed by atoms with Gasteiger partial charge < -0.3 is 9.88 Å². The Kier molecular flexibility index (Phi) is 7.11. The highest BCUT2D eigenvalue weighted by molar-refractivity contribution is 7.99. The Morgan fingerprint density at radius 3 is 2.47 bits per heavy atom. The molecule has 0 unspecified atom stereocenters. The molecule has 0 saturated carbocycles. The number of nitrogens with zero attached hydrogens (tertiary/aromatic N) is 2. The molecule has 3 N–H and O–H groups in total. The molecule has 0 atom stereocenters. The molecule has 4 rings (SSSR count). The summed E-state index contributed by atoms with van der Waals surface area (Å²) in [6.45, 7) is 0.522. The molecule has 174 valence electrons. The largest absolute Gasteiger partial charge is 0.325 e. The fourth-order valence-corrected chi connectivity index (χ4v) is 4.66. The number of amides is 1. The van der Waals surface area contributed by atoms with E-state index in [1.54, 1.807) is 24.4 Å². The van der Waals surface area contributed by atoms with Crippen molar-refractivity contribution in [2.45, 2.75) is 16.6 Å². The second-order valence-corrected chi connectivity index (χ2v) is 9.92. The van der Waals surface area contributed by atoms with Gasteiger partial charge in [-0.1, -0.05) is 48.2 Å². The summed E-state index contributed by atoms with van der Waals surface area (Å²) in [6, 6.07) is 21.7. The number of primary sulfonamides is 1.